The van der Waals surface area contributed by atoms with Crippen LogP contribution in [0.25, 0.3) is 10.9 Å². The maximum Gasteiger partial charge on any atom is 0.262 e. The maximum absolute atomic E-state index is 13.1. The highest BCUT2D eigenvalue weighted by Gasteiger charge is 2.20. The number of hydrogen-bond donors (Lipinski definition) is 1. The molecule has 1 fully saturated rings. The van der Waals surface area contributed by atoms with Crippen molar-refractivity contribution in [3.05, 3.63) is 33.6 Å². The number of fused-ring (bicyclic) bond motifs is 1. The average Bonchev–Trinajstić information content (AvgIpc) is 2.72. The first-order chi connectivity index (χ1) is 14.8. The first-order valence-corrected chi connectivity index (χ1v) is 12.4. The van der Waals surface area contributed by atoms with E-state index in [4.69, 9.17) is 16.3 Å². The van der Waals surface area contributed by atoms with Crippen LogP contribution in [0.15, 0.2) is 28.2 Å². The van der Waals surface area contributed by atoms with E-state index in [1.165, 1.54) is 11.8 Å². The molecule has 1 aromatic heterocycles. The van der Waals surface area contributed by atoms with E-state index in [1.807, 2.05) is 13.8 Å². The van der Waals surface area contributed by atoms with Gasteiger partial charge in [0.2, 0.25) is 5.91 Å². The van der Waals surface area contributed by atoms with E-state index in [1.54, 1.807) is 22.8 Å². The van der Waals surface area contributed by atoms with Crippen molar-refractivity contribution >= 4 is 40.2 Å². The van der Waals surface area contributed by atoms with Gasteiger partial charge in [0.1, 0.15) is 0 Å². The zero-order valence-corrected chi connectivity index (χ0v) is 20.1. The molecule has 1 aromatic carbocycles. The van der Waals surface area contributed by atoms with Gasteiger partial charge in [-0.2, -0.15) is 0 Å². The zero-order valence-electron chi connectivity index (χ0n) is 18.5. The fourth-order valence-corrected chi connectivity index (χ4v) is 4.83. The molecule has 1 N–H and O–H groups in total. The van der Waals surface area contributed by atoms with Crippen molar-refractivity contribution in [1.82, 2.24) is 14.9 Å². The van der Waals surface area contributed by atoms with Crippen molar-refractivity contribution < 1.29 is 9.53 Å². The van der Waals surface area contributed by atoms with E-state index < -0.39 is 0 Å². The van der Waals surface area contributed by atoms with Gasteiger partial charge in [0.25, 0.3) is 5.56 Å². The summed E-state index contributed by atoms with van der Waals surface area (Å²) in [5.74, 6) is 0.956. The highest BCUT2D eigenvalue weighted by molar-refractivity contribution is 7.99. The summed E-state index contributed by atoms with van der Waals surface area (Å²) in [4.78, 5) is 30.3. The highest BCUT2D eigenvalue weighted by Crippen LogP contribution is 2.24. The lowest BCUT2D eigenvalue weighted by atomic mass is 9.87. The number of carbonyl (C=O) groups is 1. The molecular formula is C23H32ClN3O3S. The Bertz CT molecular complexity index is 955. The van der Waals surface area contributed by atoms with Gasteiger partial charge in [0.15, 0.2) is 5.16 Å². The molecule has 31 heavy (non-hydrogen) atoms. The normalized spacial score (nSPS) is 19.1. The monoisotopic (exact) mass is 465 g/mol. The van der Waals surface area contributed by atoms with E-state index >= 15 is 0 Å². The number of amides is 1. The lowest BCUT2D eigenvalue weighted by Gasteiger charge is -2.26. The van der Waals surface area contributed by atoms with Crippen LogP contribution in [0.5, 0.6) is 0 Å². The van der Waals surface area contributed by atoms with Gasteiger partial charge in [-0.25, -0.2) is 4.98 Å². The molecule has 0 spiro atoms. The summed E-state index contributed by atoms with van der Waals surface area (Å²) >= 11 is 7.40. The molecule has 1 amide bonds. The van der Waals surface area contributed by atoms with Crippen molar-refractivity contribution in [1.29, 1.82) is 0 Å². The number of rotatable bonds is 9. The number of aromatic nitrogens is 2. The Morgan fingerprint density at radius 2 is 2.06 bits per heavy atom. The summed E-state index contributed by atoms with van der Waals surface area (Å²) in [6, 6.07) is 5.35. The standard InChI is InChI=1S/C23H32ClN3O3S/c1-15(2)30-12-4-11-27-22(29)19-10-7-17(24)13-20(19)26-23(27)31-14-21(28)25-18-8-5-16(3)6-9-18/h7,10,13,15-16,18H,4-6,8-9,11-12,14H2,1-3H3,(H,25,28). The van der Waals surface area contributed by atoms with Crippen LogP contribution in [0.1, 0.15) is 52.9 Å². The summed E-state index contributed by atoms with van der Waals surface area (Å²) < 4.78 is 7.27. The Hall–Kier alpha value is -1.57. The van der Waals surface area contributed by atoms with E-state index in [2.05, 4.69) is 17.2 Å². The van der Waals surface area contributed by atoms with Gasteiger partial charge in [-0.3, -0.25) is 14.2 Å². The number of nitrogens with zero attached hydrogens (tertiary/aromatic N) is 2. The third-order valence-electron chi connectivity index (χ3n) is 5.57. The maximum atomic E-state index is 13.1. The number of thioether (sulfide) groups is 1. The average molecular weight is 466 g/mol. The van der Waals surface area contributed by atoms with E-state index in [0.29, 0.717) is 40.7 Å². The van der Waals surface area contributed by atoms with Crippen molar-refractivity contribution in [3.8, 4) is 0 Å². The predicted octanol–water partition coefficient (Wildman–Crippen LogP) is 4.65. The van der Waals surface area contributed by atoms with Crippen LogP contribution in [0.2, 0.25) is 5.02 Å². The predicted molar refractivity (Wildman–Crippen MR) is 127 cm³/mol. The lowest BCUT2D eigenvalue weighted by molar-refractivity contribution is -0.119. The smallest absolute Gasteiger partial charge is 0.262 e. The minimum Gasteiger partial charge on any atom is -0.379 e. The van der Waals surface area contributed by atoms with Crippen LogP contribution < -0.4 is 10.9 Å². The van der Waals surface area contributed by atoms with Crippen molar-refractivity contribution in [2.24, 2.45) is 5.92 Å². The first-order valence-electron chi connectivity index (χ1n) is 11.1. The summed E-state index contributed by atoms with van der Waals surface area (Å²) in [5.41, 5.74) is 0.437. The number of ether oxygens (including phenoxy) is 1. The summed E-state index contributed by atoms with van der Waals surface area (Å²) in [5, 5.41) is 4.73. The third kappa shape index (κ3) is 6.96. The van der Waals surface area contributed by atoms with Crippen LogP contribution in [-0.2, 0) is 16.1 Å². The minimum atomic E-state index is -0.115. The van der Waals surface area contributed by atoms with Crippen LogP contribution in [0.3, 0.4) is 0 Å². The SMILES string of the molecule is CC1CCC(NC(=O)CSc2nc3cc(Cl)ccc3c(=O)n2CCCOC(C)C)CC1. The number of nitrogens with one attached hydrogen (secondary N) is 1. The second-order valence-corrected chi connectivity index (χ2v) is 9.98. The lowest BCUT2D eigenvalue weighted by Crippen LogP contribution is -2.38. The van der Waals surface area contributed by atoms with Gasteiger partial charge in [-0.05, 0) is 70.1 Å². The molecule has 170 valence electrons. The molecule has 1 heterocycles. The van der Waals surface area contributed by atoms with Gasteiger partial charge in [-0.1, -0.05) is 30.3 Å². The number of benzene rings is 1. The molecule has 0 bridgehead atoms. The van der Waals surface area contributed by atoms with Gasteiger partial charge in [-0.15, -0.1) is 0 Å². The van der Waals surface area contributed by atoms with Crippen LogP contribution in [0, 0.1) is 5.92 Å². The van der Waals surface area contributed by atoms with Crippen LogP contribution in [-0.4, -0.2) is 40.0 Å². The van der Waals surface area contributed by atoms with Gasteiger partial charge >= 0.3 is 0 Å². The fraction of sp³-hybridized carbons (Fsp3) is 0.609. The Morgan fingerprint density at radius 1 is 1.32 bits per heavy atom. The van der Waals surface area contributed by atoms with E-state index in [0.717, 1.165) is 31.6 Å². The van der Waals surface area contributed by atoms with Gasteiger partial charge < -0.3 is 10.1 Å². The molecule has 0 radical (unpaired) electrons. The van der Waals surface area contributed by atoms with Gasteiger partial charge in [0.05, 0.1) is 22.8 Å². The molecule has 0 unspecified atom stereocenters. The Morgan fingerprint density at radius 3 is 2.77 bits per heavy atom. The molecule has 1 aliphatic rings. The topological polar surface area (TPSA) is 73.2 Å². The van der Waals surface area contributed by atoms with Gasteiger partial charge in [0, 0.05) is 24.2 Å². The summed E-state index contributed by atoms with van der Waals surface area (Å²) in [6.45, 7) is 7.28. The second kappa shape index (κ2) is 11.3. The Kier molecular flexibility index (Phi) is 8.81. The first kappa shape index (κ1) is 24.1. The zero-order chi connectivity index (χ0) is 22.4. The van der Waals surface area contributed by atoms with Crippen molar-refractivity contribution in [2.75, 3.05) is 12.4 Å². The van der Waals surface area contributed by atoms with E-state index in [-0.39, 0.29) is 29.4 Å². The molecular weight excluding hydrogens is 434 g/mol. The minimum absolute atomic E-state index is 0.0142. The molecule has 1 aliphatic carbocycles. The number of halogens is 1. The molecule has 0 aliphatic heterocycles. The van der Waals surface area contributed by atoms with E-state index in [9.17, 15) is 9.59 Å². The van der Waals surface area contributed by atoms with Crippen molar-refractivity contribution in [2.45, 2.75) is 76.7 Å². The summed E-state index contributed by atoms with van der Waals surface area (Å²) in [6.07, 6.45) is 5.22. The molecule has 6 nitrogen and oxygen atoms in total. The van der Waals surface area contributed by atoms with Crippen LogP contribution in [0.4, 0.5) is 0 Å². The number of hydrogen-bond acceptors (Lipinski definition) is 5. The number of carbonyl (C=O) groups excluding carboxylic acids is 1. The largest absolute Gasteiger partial charge is 0.379 e. The molecule has 0 atom stereocenters. The van der Waals surface area contributed by atoms with Crippen molar-refractivity contribution in [3.63, 3.8) is 0 Å². The van der Waals surface area contributed by atoms with Crippen LogP contribution >= 0.6 is 23.4 Å². The third-order valence-corrected chi connectivity index (χ3v) is 6.78. The molecule has 1 saturated carbocycles. The summed E-state index contributed by atoms with van der Waals surface area (Å²) in [7, 11) is 0. The Balaban J connectivity index is 1.72. The second-order valence-electron chi connectivity index (χ2n) is 8.60. The highest BCUT2D eigenvalue weighted by atomic mass is 35.5. The quantitative estimate of drug-likeness (QED) is 0.331. The fourth-order valence-electron chi connectivity index (χ4n) is 3.83. The Labute approximate surface area is 193 Å². The molecule has 3 rings (SSSR count). The molecule has 0 saturated heterocycles. The molecule has 8 heteroatoms. The molecule has 2 aromatic rings.